The Morgan fingerprint density at radius 1 is 1.15 bits per heavy atom. The molecule has 3 N–H and O–H groups in total. The first-order valence-corrected chi connectivity index (χ1v) is 8.85. The zero-order valence-electron chi connectivity index (χ0n) is 13.4. The summed E-state index contributed by atoms with van der Waals surface area (Å²) in [5.74, 6) is -1.31. The molecular formula is C18H14ClN3O3S. The lowest BCUT2D eigenvalue weighted by Gasteiger charge is -2.09. The minimum absolute atomic E-state index is 0.0182. The van der Waals surface area contributed by atoms with Crippen LogP contribution in [0.2, 0.25) is 5.02 Å². The highest BCUT2D eigenvalue weighted by Gasteiger charge is 2.14. The van der Waals surface area contributed by atoms with Crippen molar-refractivity contribution in [2.24, 2.45) is 0 Å². The van der Waals surface area contributed by atoms with Gasteiger partial charge >= 0.3 is 5.97 Å². The number of nitrogens with zero attached hydrogens (tertiary/aromatic N) is 1. The van der Waals surface area contributed by atoms with Crippen molar-refractivity contribution in [3.63, 3.8) is 0 Å². The maximum atomic E-state index is 12.5. The summed E-state index contributed by atoms with van der Waals surface area (Å²) in [6, 6.07) is 11.9. The number of pyridine rings is 1. The number of nitrogens with one attached hydrogen (secondary N) is 2. The summed E-state index contributed by atoms with van der Waals surface area (Å²) in [4.78, 5) is 27.8. The molecule has 0 fully saturated rings. The highest BCUT2D eigenvalue weighted by atomic mass is 35.5. The van der Waals surface area contributed by atoms with E-state index in [4.69, 9.17) is 16.7 Å². The molecule has 132 valence electrons. The molecule has 1 aromatic carbocycles. The van der Waals surface area contributed by atoms with Gasteiger partial charge in [0.25, 0.3) is 5.91 Å². The van der Waals surface area contributed by atoms with Gasteiger partial charge in [0.1, 0.15) is 10.6 Å². The third kappa shape index (κ3) is 4.38. The van der Waals surface area contributed by atoms with Gasteiger partial charge in [0.15, 0.2) is 0 Å². The Hall–Kier alpha value is -2.90. The number of hydrogen-bond acceptors (Lipinski definition) is 5. The third-order valence-electron chi connectivity index (χ3n) is 3.50. The summed E-state index contributed by atoms with van der Waals surface area (Å²) in [6.07, 6.45) is 1.45. The van der Waals surface area contributed by atoms with E-state index in [2.05, 4.69) is 15.6 Å². The number of carbonyl (C=O) groups excluding carboxylic acids is 1. The number of thiophene rings is 1. The van der Waals surface area contributed by atoms with Crippen molar-refractivity contribution in [1.82, 2.24) is 4.98 Å². The predicted molar refractivity (Wildman–Crippen MR) is 102 cm³/mol. The van der Waals surface area contributed by atoms with Gasteiger partial charge in [-0.2, -0.15) is 0 Å². The van der Waals surface area contributed by atoms with E-state index in [9.17, 15) is 9.59 Å². The van der Waals surface area contributed by atoms with Crippen LogP contribution in [0.4, 0.5) is 11.4 Å². The number of aromatic nitrogens is 1. The van der Waals surface area contributed by atoms with E-state index in [0.29, 0.717) is 27.8 Å². The predicted octanol–water partition coefficient (Wildman–Crippen LogP) is 4.36. The second-order valence-corrected chi connectivity index (χ2v) is 6.69. The van der Waals surface area contributed by atoms with Crippen LogP contribution in [0.1, 0.15) is 25.7 Å². The van der Waals surface area contributed by atoms with Crippen LogP contribution in [0.25, 0.3) is 0 Å². The van der Waals surface area contributed by atoms with Crippen molar-refractivity contribution in [1.29, 1.82) is 0 Å². The quantitative estimate of drug-likeness (QED) is 0.584. The molecule has 3 aromatic rings. The van der Waals surface area contributed by atoms with Gasteiger partial charge in [-0.1, -0.05) is 11.6 Å². The molecule has 0 saturated heterocycles. The van der Waals surface area contributed by atoms with E-state index in [-0.39, 0.29) is 11.6 Å². The number of carboxylic acids is 1. The lowest BCUT2D eigenvalue weighted by Crippen LogP contribution is -2.13. The Morgan fingerprint density at radius 3 is 2.65 bits per heavy atom. The van der Waals surface area contributed by atoms with Crippen molar-refractivity contribution in [2.75, 3.05) is 10.6 Å². The Morgan fingerprint density at radius 2 is 1.92 bits per heavy atom. The van der Waals surface area contributed by atoms with Crippen LogP contribution in [0.5, 0.6) is 0 Å². The molecule has 1 amide bonds. The molecule has 0 unspecified atom stereocenters. The van der Waals surface area contributed by atoms with Crippen LogP contribution in [-0.4, -0.2) is 22.0 Å². The second kappa shape index (κ2) is 7.99. The van der Waals surface area contributed by atoms with Crippen LogP contribution in [0.3, 0.4) is 0 Å². The molecule has 0 aliphatic carbocycles. The molecule has 2 aromatic heterocycles. The van der Waals surface area contributed by atoms with E-state index in [1.165, 1.54) is 23.6 Å². The molecule has 0 bridgehead atoms. The lowest BCUT2D eigenvalue weighted by atomic mass is 10.2. The number of benzene rings is 1. The normalized spacial score (nSPS) is 10.3. The summed E-state index contributed by atoms with van der Waals surface area (Å²) in [5, 5.41) is 17.4. The zero-order valence-corrected chi connectivity index (χ0v) is 15.0. The maximum absolute atomic E-state index is 12.5. The Kier molecular flexibility index (Phi) is 5.50. The topological polar surface area (TPSA) is 91.3 Å². The van der Waals surface area contributed by atoms with Gasteiger partial charge in [-0.05, 0) is 53.4 Å². The van der Waals surface area contributed by atoms with Gasteiger partial charge in [-0.25, -0.2) is 9.78 Å². The summed E-state index contributed by atoms with van der Waals surface area (Å²) in [5.41, 5.74) is 2.07. The van der Waals surface area contributed by atoms with Crippen molar-refractivity contribution in [2.45, 2.75) is 6.54 Å². The van der Waals surface area contributed by atoms with Gasteiger partial charge in [-0.15, -0.1) is 11.3 Å². The first-order chi connectivity index (χ1) is 12.5. The molecule has 0 atom stereocenters. The highest BCUT2D eigenvalue weighted by Crippen LogP contribution is 2.24. The molecule has 0 aliphatic rings. The number of hydrogen-bond donors (Lipinski definition) is 3. The number of aromatic carboxylic acids is 1. The Labute approximate surface area is 158 Å². The smallest absolute Gasteiger partial charge is 0.354 e. The number of halogens is 1. The molecule has 0 radical (unpaired) electrons. The first kappa shape index (κ1) is 17.9. The zero-order chi connectivity index (χ0) is 18.5. The van der Waals surface area contributed by atoms with Crippen molar-refractivity contribution >= 4 is 46.2 Å². The van der Waals surface area contributed by atoms with Gasteiger partial charge in [0.2, 0.25) is 0 Å². The van der Waals surface area contributed by atoms with E-state index in [1.807, 2.05) is 5.38 Å². The van der Waals surface area contributed by atoms with E-state index >= 15 is 0 Å². The van der Waals surface area contributed by atoms with Crippen molar-refractivity contribution < 1.29 is 14.7 Å². The maximum Gasteiger partial charge on any atom is 0.354 e. The fourth-order valence-electron chi connectivity index (χ4n) is 2.24. The molecule has 3 rings (SSSR count). The van der Waals surface area contributed by atoms with Crippen LogP contribution < -0.4 is 10.6 Å². The Balaban J connectivity index is 1.68. The minimum atomic E-state index is -1.08. The summed E-state index contributed by atoms with van der Waals surface area (Å²) >= 11 is 7.16. The first-order valence-electron chi connectivity index (χ1n) is 7.59. The molecule has 8 heteroatoms. The Bertz CT molecular complexity index is 941. The van der Waals surface area contributed by atoms with E-state index < -0.39 is 5.97 Å². The molecule has 0 saturated carbocycles. The van der Waals surface area contributed by atoms with Crippen molar-refractivity contribution in [3.05, 3.63) is 75.2 Å². The van der Waals surface area contributed by atoms with Crippen LogP contribution in [0, 0.1) is 0 Å². The molecule has 0 aliphatic heterocycles. The standard InChI is InChI=1S/C18H14ClN3O3S/c19-12-1-3-13(4-2-12)22-17(23)16-14(6-8-26-16)21-10-11-5-7-20-15(9-11)18(24)25/h1-9,21H,10H2,(H,22,23)(H,24,25). The van der Waals surface area contributed by atoms with Gasteiger partial charge < -0.3 is 15.7 Å². The van der Waals surface area contributed by atoms with Gasteiger partial charge in [0.05, 0.1) is 5.69 Å². The molecule has 26 heavy (non-hydrogen) atoms. The largest absolute Gasteiger partial charge is 0.477 e. The number of amides is 1. The van der Waals surface area contributed by atoms with Gasteiger partial charge in [-0.3, -0.25) is 4.79 Å². The lowest BCUT2D eigenvalue weighted by molar-refractivity contribution is 0.0690. The molecule has 6 nitrogen and oxygen atoms in total. The molecular weight excluding hydrogens is 374 g/mol. The number of carbonyl (C=O) groups is 2. The van der Waals surface area contributed by atoms with Crippen LogP contribution in [-0.2, 0) is 6.54 Å². The average Bonchev–Trinajstić information content (AvgIpc) is 3.11. The van der Waals surface area contributed by atoms with Crippen molar-refractivity contribution in [3.8, 4) is 0 Å². The number of carboxylic acid groups (broad SMARTS) is 1. The van der Waals surface area contributed by atoms with E-state index in [0.717, 1.165) is 5.56 Å². The summed E-state index contributed by atoms with van der Waals surface area (Å²) in [7, 11) is 0. The minimum Gasteiger partial charge on any atom is -0.477 e. The summed E-state index contributed by atoms with van der Waals surface area (Å²) in [6.45, 7) is 0.376. The number of rotatable bonds is 6. The van der Waals surface area contributed by atoms with Gasteiger partial charge in [0, 0.05) is 23.5 Å². The SMILES string of the molecule is O=C(O)c1cc(CNc2ccsc2C(=O)Nc2ccc(Cl)cc2)ccn1. The van der Waals surface area contributed by atoms with Crippen LogP contribution >= 0.6 is 22.9 Å². The number of anilines is 2. The molecule has 2 heterocycles. The second-order valence-electron chi connectivity index (χ2n) is 5.33. The monoisotopic (exact) mass is 387 g/mol. The third-order valence-corrected chi connectivity index (χ3v) is 4.67. The summed E-state index contributed by atoms with van der Waals surface area (Å²) < 4.78 is 0. The highest BCUT2D eigenvalue weighted by molar-refractivity contribution is 7.12. The van der Waals surface area contributed by atoms with E-state index in [1.54, 1.807) is 36.4 Å². The fourth-order valence-corrected chi connectivity index (χ4v) is 3.14. The average molecular weight is 388 g/mol. The fraction of sp³-hybridized carbons (Fsp3) is 0.0556. The molecule has 0 spiro atoms. The van der Waals surface area contributed by atoms with Crippen LogP contribution in [0.15, 0.2) is 54.0 Å².